The number of hydrogen-bond donors (Lipinski definition) is 1. The molecule has 4 nitrogen and oxygen atoms in total. The van der Waals surface area contributed by atoms with Crippen LogP contribution < -0.4 is 4.74 Å². The second kappa shape index (κ2) is 7.29. The first-order valence-electron chi connectivity index (χ1n) is 7.47. The van der Waals surface area contributed by atoms with Gasteiger partial charge in [0.2, 0.25) is 5.76 Å². The Kier molecular flexibility index (Phi) is 5.41. The van der Waals surface area contributed by atoms with Crippen molar-refractivity contribution in [1.29, 1.82) is 0 Å². The van der Waals surface area contributed by atoms with Gasteiger partial charge in [0.25, 0.3) is 0 Å². The lowest BCUT2D eigenvalue weighted by Gasteiger charge is -2.23. The number of ether oxygens (including phenoxy) is 2. The molecule has 1 aromatic carbocycles. The SMILES string of the molecule is CO/C=C(\Oc1cc(C2CCCCC2)c(F)cc1C)C(=O)O. The fourth-order valence-electron chi connectivity index (χ4n) is 2.85. The summed E-state index contributed by atoms with van der Waals surface area (Å²) in [5.41, 5.74) is 1.17. The van der Waals surface area contributed by atoms with Crippen LogP contribution in [0.5, 0.6) is 5.75 Å². The lowest BCUT2D eigenvalue weighted by Crippen LogP contribution is -2.11. The zero-order valence-corrected chi connectivity index (χ0v) is 12.9. The molecule has 22 heavy (non-hydrogen) atoms. The van der Waals surface area contributed by atoms with Crippen LogP contribution in [0.2, 0.25) is 0 Å². The van der Waals surface area contributed by atoms with Gasteiger partial charge >= 0.3 is 5.97 Å². The third-order valence-electron chi connectivity index (χ3n) is 3.99. The van der Waals surface area contributed by atoms with Crippen LogP contribution in [0.1, 0.15) is 49.1 Å². The highest BCUT2D eigenvalue weighted by atomic mass is 19.1. The number of carboxylic acid groups (broad SMARTS) is 1. The smallest absolute Gasteiger partial charge is 0.375 e. The molecule has 0 saturated heterocycles. The second-order valence-electron chi connectivity index (χ2n) is 5.60. The summed E-state index contributed by atoms with van der Waals surface area (Å²) in [7, 11) is 1.34. The van der Waals surface area contributed by atoms with Gasteiger partial charge in [0.15, 0.2) is 0 Å². The van der Waals surface area contributed by atoms with Crippen molar-refractivity contribution >= 4 is 5.97 Å². The van der Waals surface area contributed by atoms with E-state index in [1.54, 1.807) is 13.0 Å². The molecule has 0 heterocycles. The Morgan fingerprint density at radius 2 is 2.00 bits per heavy atom. The van der Waals surface area contributed by atoms with Crippen LogP contribution in [0.3, 0.4) is 0 Å². The van der Waals surface area contributed by atoms with E-state index in [1.807, 2.05) is 0 Å². The minimum absolute atomic E-state index is 0.177. The van der Waals surface area contributed by atoms with Crippen LogP contribution in [0.25, 0.3) is 0 Å². The van der Waals surface area contributed by atoms with Gasteiger partial charge in [0.1, 0.15) is 17.8 Å². The van der Waals surface area contributed by atoms with Gasteiger partial charge in [-0.15, -0.1) is 0 Å². The Morgan fingerprint density at radius 3 is 2.59 bits per heavy atom. The number of aryl methyl sites for hydroxylation is 1. The molecule has 0 unspecified atom stereocenters. The molecule has 0 aromatic heterocycles. The molecule has 0 atom stereocenters. The monoisotopic (exact) mass is 308 g/mol. The number of halogens is 1. The Morgan fingerprint density at radius 1 is 1.32 bits per heavy atom. The molecule has 5 heteroatoms. The number of benzene rings is 1. The van der Waals surface area contributed by atoms with Gasteiger partial charge in [-0.1, -0.05) is 19.3 Å². The van der Waals surface area contributed by atoms with E-state index in [-0.39, 0.29) is 17.5 Å². The fraction of sp³-hybridized carbons (Fsp3) is 0.471. The van der Waals surface area contributed by atoms with E-state index in [4.69, 9.17) is 14.6 Å². The largest absolute Gasteiger partial charge is 0.500 e. The first-order valence-corrected chi connectivity index (χ1v) is 7.47. The van der Waals surface area contributed by atoms with E-state index in [0.29, 0.717) is 16.9 Å². The van der Waals surface area contributed by atoms with Gasteiger partial charge in [-0.2, -0.15) is 0 Å². The first kappa shape index (κ1) is 16.3. The predicted molar refractivity (Wildman–Crippen MR) is 80.3 cm³/mol. The van der Waals surface area contributed by atoms with Crippen LogP contribution in [0, 0.1) is 12.7 Å². The Bertz CT molecular complexity index is 574. The number of carbonyl (C=O) groups is 1. The summed E-state index contributed by atoms with van der Waals surface area (Å²) in [5, 5.41) is 9.08. The molecular formula is C17H21FO4. The van der Waals surface area contributed by atoms with Crippen molar-refractivity contribution in [2.75, 3.05) is 7.11 Å². The summed E-state index contributed by atoms with van der Waals surface area (Å²) in [5.74, 6) is -1.27. The van der Waals surface area contributed by atoms with Crippen LogP contribution in [-0.2, 0) is 9.53 Å². The average Bonchev–Trinajstić information content (AvgIpc) is 2.49. The number of carboxylic acids is 1. The third-order valence-corrected chi connectivity index (χ3v) is 3.99. The quantitative estimate of drug-likeness (QED) is 0.656. The van der Waals surface area contributed by atoms with Crippen molar-refractivity contribution in [2.45, 2.75) is 44.9 Å². The van der Waals surface area contributed by atoms with E-state index < -0.39 is 5.97 Å². The molecule has 1 saturated carbocycles. The molecule has 1 N–H and O–H groups in total. The minimum atomic E-state index is -1.23. The van der Waals surface area contributed by atoms with Gasteiger partial charge in [-0.3, -0.25) is 0 Å². The summed E-state index contributed by atoms with van der Waals surface area (Å²) in [6, 6.07) is 3.04. The van der Waals surface area contributed by atoms with Crippen LogP contribution in [0.15, 0.2) is 24.2 Å². The molecular weight excluding hydrogens is 287 g/mol. The zero-order chi connectivity index (χ0) is 16.1. The predicted octanol–water partition coefficient (Wildman–Crippen LogP) is 4.13. The molecule has 1 fully saturated rings. The van der Waals surface area contributed by atoms with Gasteiger partial charge in [0, 0.05) is 0 Å². The Hall–Kier alpha value is -2.04. The topological polar surface area (TPSA) is 55.8 Å². The van der Waals surface area contributed by atoms with E-state index >= 15 is 0 Å². The number of aliphatic carboxylic acids is 1. The van der Waals surface area contributed by atoms with Crippen LogP contribution >= 0.6 is 0 Å². The lowest BCUT2D eigenvalue weighted by molar-refractivity contribution is -0.135. The second-order valence-corrected chi connectivity index (χ2v) is 5.60. The van der Waals surface area contributed by atoms with Gasteiger partial charge < -0.3 is 14.6 Å². The Balaban J connectivity index is 2.31. The molecule has 120 valence electrons. The number of hydrogen-bond acceptors (Lipinski definition) is 3. The maximum absolute atomic E-state index is 14.2. The van der Waals surface area contributed by atoms with E-state index in [0.717, 1.165) is 31.9 Å². The maximum Gasteiger partial charge on any atom is 0.375 e. The standard InChI is InChI=1S/C17H21FO4/c1-11-8-14(18)13(12-6-4-3-5-7-12)9-15(11)22-16(10-21-2)17(19)20/h8-10,12H,3-7H2,1-2H3,(H,19,20)/b16-10-. The first-order chi connectivity index (χ1) is 10.5. The minimum Gasteiger partial charge on any atom is -0.500 e. The summed E-state index contributed by atoms with van der Waals surface area (Å²) < 4.78 is 24.4. The van der Waals surface area contributed by atoms with Crippen molar-refractivity contribution in [3.8, 4) is 5.75 Å². The molecule has 0 aliphatic heterocycles. The third kappa shape index (κ3) is 3.78. The summed E-state index contributed by atoms with van der Waals surface area (Å²) in [4.78, 5) is 11.1. The van der Waals surface area contributed by atoms with Gasteiger partial charge in [0.05, 0.1) is 7.11 Å². The Labute approximate surface area is 129 Å². The lowest BCUT2D eigenvalue weighted by atomic mass is 9.83. The van der Waals surface area contributed by atoms with E-state index in [9.17, 15) is 9.18 Å². The van der Waals surface area contributed by atoms with Crippen LogP contribution in [-0.4, -0.2) is 18.2 Å². The van der Waals surface area contributed by atoms with E-state index in [1.165, 1.54) is 19.6 Å². The number of methoxy groups -OCH3 is 1. The van der Waals surface area contributed by atoms with Gasteiger partial charge in [-0.05, 0) is 48.9 Å². The van der Waals surface area contributed by atoms with E-state index in [2.05, 4.69) is 0 Å². The molecule has 0 bridgehead atoms. The number of rotatable bonds is 5. The molecule has 0 radical (unpaired) electrons. The van der Waals surface area contributed by atoms with Crippen molar-refractivity contribution < 1.29 is 23.8 Å². The fourth-order valence-corrected chi connectivity index (χ4v) is 2.85. The van der Waals surface area contributed by atoms with Crippen molar-refractivity contribution in [3.05, 3.63) is 41.1 Å². The highest BCUT2D eigenvalue weighted by Crippen LogP contribution is 2.37. The van der Waals surface area contributed by atoms with Gasteiger partial charge in [-0.25, -0.2) is 9.18 Å². The zero-order valence-electron chi connectivity index (χ0n) is 12.9. The van der Waals surface area contributed by atoms with Crippen LogP contribution in [0.4, 0.5) is 4.39 Å². The summed E-state index contributed by atoms with van der Waals surface area (Å²) >= 11 is 0. The van der Waals surface area contributed by atoms with Crippen molar-refractivity contribution in [3.63, 3.8) is 0 Å². The summed E-state index contributed by atoms with van der Waals surface area (Å²) in [6.45, 7) is 1.69. The average molecular weight is 308 g/mol. The van der Waals surface area contributed by atoms with Crippen molar-refractivity contribution in [2.24, 2.45) is 0 Å². The van der Waals surface area contributed by atoms with Crippen molar-refractivity contribution in [1.82, 2.24) is 0 Å². The summed E-state index contributed by atoms with van der Waals surface area (Å²) in [6.07, 6.45) is 6.31. The normalized spacial score (nSPS) is 16.4. The molecule has 0 amide bonds. The molecule has 1 aliphatic rings. The molecule has 2 rings (SSSR count). The molecule has 1 aliphatic carbocycles. The molecule has 1 aromatic rings. The highest BCUT2D eigenvalue weighted by Gasteiger charge is 2.21. The molecule has 0 spiro atoms. The maximum atomic E-state index is 14.2. The highest BCUT2D eigenvalue weighted by molar-refractivity contribution is 5.84.